The fraction of sp³-hybridized carbons (Fsp3) is 1.00. The van der Waals surface area contributed by atoms with E-state index in [0.717, 1.165) is 31.6 Å². The molecule has 0 bridgehead atoms. The van der Waals surface area contributed by atoms with E-state index in [2.05, 4.69) is 26.1 Å². The molecule has 1 aliphatic rings. The van der Waals surface area contributed by atoms with Gasteiger partial charge in [0.2, 0.25) is 0 Å². The first-order chi connectivity index (χ1) is 6.72. The topological polar surface area (TPSA) is 21.3 Å². The molecule has 0 amide bonds. The van der Waals surface area contributed by atoms with Crippen LogP contribution >= 0.6 is 0 Å². The van der Waals surface area contributed by atoms with Crippen LogP contribution in [0.1, 0.15) is 40.0 Å². The first kappa shape index (κ1) is 12.0. The van der Waals surface area contributed by atoms with Gasteiger partial charge in [-0.2, -0.15) is 0 Å². The predicted molar refractivity (Wildman–Crippen MR) is 60.5 cm³/mol. The molecular formula is C12H25NO. The maximum absolute atomic E-state index is 5.35. The van der Waals surface area contributed by atoms with Crippen LogP contribution in [0, 0.1) is 11.8 Å². The minimum atomic E-state index is 0.658. The second-order valence-electron chi connectivity index (χ2n) is 4.79. The molecule has 0 aromatic carbocycles. The lowest BCUT2D eigenvalue weighted by molar-refractivity contribution is 0.184. The third kappa shape index (κ3) is 4.43. The third-order valence-electron chi connectivity index (χ3n) is 3.23. The Kier molecular flexibility index (Phi) is 5.49. The molecule has 1 fully saturated rings. The molecule has 2 nitrogen and oxygen atoms in total. The molecule has 1 N–H and O–H groups in total. The van der Waals surface area contributed by atoms with Crippen LogP contribution < -0.4 is 5.32 Å². The van der Waals surface area contributed by atoms with Gasteiger partial charge in [0.1, 0.15) is 0 Å². The van der Waals surface area contributed by atoms with Crippen molar-refractivity contribution in [2.75, 3.05) is 19.8 Å². The Balaban J connectivity index is 2.04. The molecule has 1 heterocycles. The van der Waals surface area contributed by atoms with Crippen molar-refractivity contribution in [3.63, 3.8) is 0 Å². The lowest BCUT2D eigenvalue weighted by atomic mass is 10.00. The molecule has 84 valence electrons. The maximum atomic E-state index is 5.35. The molecule has 0 aromatic rings. The molecule has 0 radical (unpaired) electrons. The van der Waals surface area contributed by atoms with Crippen LogP contribution in [-0.4, -0.2) is 25.8 Å². The van der Waals surface area contributed by atoms with Gasteiger partial charge in [-0.25, -0.2) is 0 Å². The summed E-state index contributed by atoms with van der Waals surface area (Å²) in [5.74, 6) is 1.60. The first-order valence-electron chi connectivity index (χ1n) is 6.03. The van der Waals surface area contributed by atoms with Crippen LogP contribution in [0.3, 0.4) is 0 Å². The van der Waals surface area contributed by atoms with Crippen molar-refractivity contribution in [3.05, 3.63) is 0 Å². The van der Waals surface area contributed by atoms with Gasteiger partial charge in [0.25, 0.3) is 0 Å². The van der Waals surface area contributed by atoms with Gasteiger partial charge in [0, 0.05) is 19.2 Å². The molecule has 1 saturated heterocycles. The molecule has 3 unspecified atom stereocenters. The Morgan fingerprint density at radius 1 is 1.43 bits per heavy atom. The number of rotatable bonds is 6. The van der Waals surface area contributed by atoms with Crippen LogP contribution in [0.15, 0.2) is 0 Å². The molecule has 14 heavy (non-hydrogen) atoms. The Bertz CT molecular complexity index is 143. The van der Waals surface area contributed by atoms with Crippen molar-refractivity contribution >= 4 is 0 Å². The normalized spacial score (nSPS) is 26.4. The van der Waals surface area contributed by atoms with E-state index in [-0.39, 0.29) is 0 Å². The van der Waals surface area contributed by atoms with E-state index in [0.29, 0.717) is 6.04 Å². The van der Waals surface area contributed by atoms with Gasteiger partial charge in [-0.05, 0) is 31.6 Å². The van der Waals surface area contributed by atoms with Gasteiger partial charge in [0.15, 0.2) is 0 Å². The van der Waals surface area contributed by atoms with Crippen molar-refractivity contribution in [3.8, 4) is 0 Å². The van der Waals surface area contributed by atoms with Gasteiger partial charge in [-0.15, -0.1) is 0 Å². The summed E-state index contributed by atoms with van der Waals surface area (Å²) >= 11 is 0. The van der Waals surface area contributed by atoms with E-state index in [1.54, 1.807) is 0 Å². The standard InChI is InChI=1S/C12H25NO/c1-4-10(2)7-11(3)13-8-12-5-6-14-9-12/h10-13H,4-9H2,1-3H3. The summed E-state index contributed by atoms with van der Waals surface area (Å²) in [5.41, 5.74) is 0. The molecule has 0 saturated carbocycles. The average Bonchev–Trinajstić information content (AvgIpc) is 2.67. The van der Waals surface area contributed by atoms with Gasteiger partial charge >= 0.3 is 0 Å². The zero-order chi connectivity index (χ0) is 10.4. The molecule has 2 heteroatoms. The summed E-state index contributed by atoms with van der Waals surface area (Å²) in [7, 11) is 0. The van der Waals surface area contributed by atoms with Crippen molar-refractivity contribution in [2.45, 2.75) is 46.1 Å². The van der Waals surface area contributed by atoms with Crippen molar-refractivity contribution in [2.24, 2.45) is 11.8 Å². The van der Waals surface area contributed by atoms with E-state index in [9.17, 15) is 0 Å². The third-order valence-corrected chi connectivity index (χ3v) is 3.23. The SMILES string of the molecule is CCC(C)CC(C)NCC1CCOC1. The van der Waals surface area contributed by atoms with E-state index < -0.39 is 0 Å². The Morgan fingerprint density at radius 2 is 2.21 bits per heavy atom. The maximum Gasteiger partial charge on any atom is 0.0507 e. The van der Waals surface area contributed by atoms with E-state index >= 15 is 0 Å². The minimum Gasteiger partial charge on any atom is -0.381 e. The lowest BCUT2D eigenvalue weighted by Crippen LogP contribution is -2.32. The van der Waals surface area contributed by atoms with Gasteiger partial charge < -0.3 is 10.1 Å². The van der Waals surface area contributed by atoms with E-state index in [1.165, 1.54) is 19.3 Å². The first-order valence-corrected chi connectivity index (χ1v) is 6.03. The zero-order valence-corrected chi connectivity index (χ0v) is 9.88. The van der Waals surface area contributed by atoms with Crippen LogP contribution in [0.4, 0.5) is 0 Å². The van der Waals surface area contributed by atoms with Crippen LogP contribution in [-0.2, 0) is 4.74 Å². The second-order valence-corrected chi connectivity index (χ2v) is 4.79. The monoisotopic (exact) mass is 199 g/mol. The van der Waals surface area contributed by atoms with Crippen LogP contribution in [0.5, 0.6) is 0 Å². The summed E-state index contributed by atoms with van der Waals surface area (Å²) in [6, 6.07) is 0.658. The fourth-order valence-corrected chi connectivity index (χ4v) is 1.97. The summed E-state index contributed by atoms with van der Waals surface area (Å²) in [5, 5.41) is 3.61. The molecule has 0 aromatic heterocycles. The van der Waals surface area contributed by atoms with Gasteiger partial charge in [-0.3, -0.25) is 0 Å². The Hall–Kier alpha value is -0.0800. The zero-order valence-electron chi connectivity index (χ0n) is 9.88. The highest BCUT2D eigenvalue weighted by Gasteiger charge is 2.16. The summed E-state index contributed by atoms with van der Waals surface area (Å²) < 4.78 is 5.35. The lowest BCUT2D eigenvalue weighted by Gasteiger charge is -2.19. The summed E-state index contributed by atoms with van der Waals surface area (Å²) in [6.45, 7) is 9.95. The molecule has 0 aliphatic carbocycles. The fourth-order valence-electron chi connectivity index (χ4n) is 1.97. The number of ether oxygens (including phenoxy) is 1. The number of hydrogen-bond acceptors (Lipinski definition) is 2. The summed E-state index contributed by atoms with van der Waals surface area (Å²) in [4.78, 5) is 0. The number of nitrogens with one attached hydrogen (secondary N) is 1. The highest BCUT2D eigenvalue weighted by atomic mass is 16.5. The smallest absolute Gasteiger partial charge is 0.0507 e. The second kappa shape index (κ2) is 6.41. The van der Waals surface area contributed by atoms with Crippen molar-refractivity contribution in [1.82, 2.24) is 5.32 Å². The minimum absolute atomic E-state index is 0.658. The Labute approximate surface area is 88.4 Å². The average molecular weight is 199 g/mol. The number of hydrogen-bond donors (Lipinski definition) is 1. The van der Waals surface area contributed by atoms with Crippen LogP contribution in [0.25, 0.3) is 0 Å². The molecular weight excluding hydrogens is 174 g/mol. The molecule has 1 rings (SSSR count). The summed E-state index contributed by atoms with van der Waals surface area (Å²) in [6.07, 6.45) is 3.83. The van der Waals surface area contributed by atoms with E-state index in [4.69, 9.17) is 4.74 Å². The van der Waals surface area contributed by atoms with Crippen molar-refractivity contribution < 1.29 is 4.74 Å². The van der Waals surface area contributed by atoms with Gasteiger partial charge in [-0.1, -0.05) is 20.3 Å². The van der Waals surface area contributed by atoms with Crippen molar-refractivity contribution in [1.29, 1.82) is 0 Å². The van der Waals surface area contributed by atoms with E-state index in [1.807, 2.05) is 0 Å². The molecule has 1 aliphatic heterocycles. The molecule has 0 spiro atoms. The highest BCUT2D eigenvalue weighted by molar-refractivity contribution is 4.70. The predicted octanol–water partition coefficient (Wildman–Crippen LogP) is 2.44. The quantitative estimate of drug-likeness (QED) is 0.709. The Morgan fingerprint density at radius 3 is 2.79 bits per heavy atom. The highest BCUT2D eigenvalue weighted by Crippen LogP contribution is 2.13. The largest absolute Gasteiger partial charge is 0.381 e. The van der Waals surface area contributed by atoms with Crippen LogP contribution in [0.2, 0.25) is 0 Å². The molecule has 3 atom stereocenters. The van der Waals surface area contributed by atoms with Gasteiger partial charge in [0.05, 0.1) is 6.61 Å².